The van der Waals surface area contributed by atoms with Crippen LogP contribution in [-0.2, 0) is 0 Å². The molecule has 65 valence electrons. The van der Waals surface area contributed by atoms with Gasteiger partial charge in [0, 0.05) is 0 Å². The minimum absolute atomic E-state index is 0.399. The van der Waals surface area contributed by atoms with Gasteiger partial charge in [0.2, 0.25) is 0 Å². The number of benzene rings is 1. The molecule has 0 saturated carbocycles. The minimum Gasteiger partial charge on any atom is -0.495 e. The van der Waals surface area contributed by atoms with Crippen molar-refractivity contribution in [3.63, 3.8) is 0 Å². The fourth-order valence-corrected chi connectivity index (χ4v) is 2.18. The number of halogens is 1. The maximum Gasteiger partial charge on any atom is 0.137 e. The average molecular weight is 200 g/mol. The second-order valence-electron chi connectivity index (χ2n) is 2.85. The van der Waals surface area contributed by atoms with Crippen LogP contribution in [0.2, 0.25) is 18.1 Å². The largest absolute Gasteiger partial charge is 0.495 e. The van der Waals surface area contributed by atoms with Gasteiger partial charge < -0.3 is 4.74 Å². The predicted molar refractivity (Wildman–Crippen MR) is 55.1 cm³/mol. The van der Waals surface area contributed by atoms with E-state index in [9.17, 15) is 0 Å². The monoisotopic (exact) mass is 199 g/mol. The molecule has 0 fully saturated rings. The van der Waals surface area contributed by atoms with E-state index in [1.54, 1.807) is 7.11 Å². The normalized spacial score (nSPS) is 10.4. The van der Waals surface area contributed by atoms with E-state index in [-0.39, 0.29) is 0 Å². The fraction of sp³-hybridized carbons (Fsp3) is 0.333. The SMILES string of the molecule is COc1ccc([Si](C)C)cc1Cl. The molecule has 0 saturated heterocycles. The molecule has 0 aliphatic carbocycles. The minimum atomic E-state index is -0.399. The van der Waals surface area contributed by atoms with Crippen molar-refractivity contribution in [2.24, 2.45) is 0 Å². The lowest BCUT2D eigenvalue weighted by molar-refractivity contribution is 0.415. The van der Waals surface area contributed by atoms with E-state index in [4.69, 9.17) is 16.3 Å². The Balaban J connectivity index is 3.02. The number of rotatable bonds is 2. The molecule has 0 heterocycles. The summed E-state index contributed by atoms with van der Waals surface area (Å²) in [7, 11) is 1.23. The number of hydrogen-bond donors (Lipinski definition) is 0. The van der Waals surface area contributed by atoms with Crippen molar-refractivity contribution in [3.8, 4) is 5.75 Å². The van der Waals surface area contributed by atoms with Crippen molar-refractivity contribution >= 4 is 25.6 Å². The molecule has 0 bridgehead atoms. The van der Waals surface area contributed by atoms with E-state index < -0.39 is 8.80 Å². The molecule has 0 N–H and O–H groups in total. The lowest BCUT2D eigenvalue weighted by Gasteiger charge is -2.07. The zero-order valence-electron chi connectivity index (χ0n) is 7.52. The lowest BCUT2D eigenvalue weighted by atomic mass is 10.3. The number of ether oxygens (including phenoxy) is 1. The second-order valence-corrected chi connectivity index (χ2v) is 5.83. The van der Waals surface area contributed by atoms with Crippen LogP contribution in [-0.4, -0.2) is 15.9 Å². The van der Waals surface area contributed by atoms with Crippen molar-refractivity contribution in [2.75, 3.05) is 7.11 Å². The van der Waals surface area contributed by atoms with E-state index >= 15 is 0 Å². The van der Waals surface area contributed by atoms with Crippen LogP contribution in [0.1, 0.15) is 0 Å². The molecule has 1 aromatic carbocycles. The van der Waals surface area contributed by atoms with Crippen LogP contribution < -0.4 is 9.92 Å². The Hall–Kier alpha value is -0.473. The van der Waals surface area contributed by atoms with Gasteiger partial charge in [-0.1, -0.05) is 35.9 Å². The molecule has 1 aromatic rings. The van der Waals surface area contributed by atoms with Gasteiger partial charge in [-0.25, -0.2) is 0 Å². The summed E-state index contributed by atoms with van der Waals surface area (Å²) in [4.78, 5) is 0. The highest BCUT2D eigenvalue weighted by Crippen LogP contribution is 2.21. The van der Waals surface area contributed by atoms with Crippen LogP contribution in [0.25, 0.3) is 0 Å². The summed E-state index contributed by atoms with van der Waals surface area (Å²) >= 11 is 5.96. The number of hydrogen-bond acceptors (Lipinski definition) is 1. The molecule has 0 aromatic heterocycles. The van der Waals surface area contributed by atoms with Crippen LogP contribution >= 0.6 is 11.6 Å². The Kier molecular flexibility index (Phi) is 3.17. The Bertz CT molecular complexity index is 273. The van der Waals surface area contributed by atoms with E-state index in [1.165, 1.54) is 5.19 Å². The molecule has 0 amide bonds. The summed E-state index contributed by atoms with van der Waals surface area (Å²) in [5.41, 5.74) is 0. The average Bonchev–Trinajstić information content (AvgIpc) is 2.04. The summed E-state index contributed by atoms with van der Waals surface area (Å²) in [5, 5.41) is 2.05. The molecule has 1 nitrogen and oxygen atoms in total. The third kappa shape index (κ3) is 2.02. The lowest BCUT2D eigenvalue weighted by Crippen LogP contribution is -2.21. The summed E-state index contributed by atoms with van der Waals surface area (Å²) in [6.07, 6.45) is 0. The van der Waals surface area contributed by atoms with Crippen molar-refractivity contribution in [1.29, 1.82) is 0 Å². The van der Waals surface area contributed by atoms with Gasteiger partial charge in [-0.15, -0.1) is 0 Å². The van der Waals surface area contributed by atoms with Crippen LogP contribution in [0.5, 0.6) is 5.75 Å². The maximum atomic E-state index is 5.96. The Morgan fingerprint density at radius 2 is 2.00 bits per heavy atom. The first-order valence-electron chi connectivity index (χ1n) is 3.79. The Labute approximate surface area is 79.9 Å². The summed E-state index contributed by atoms with van der Waals surface area (Å²) < 4.78 is 5.06. The van der Waals surface area contributed by atoms with Crippen molar-refractivity contribution < 1.29 is 4.74 Å². The van der Waals surface area contributed by atoms with Crippen molar-refractivity contribution in [2.45, 2.75) is 13.1 Å². The molecule has 1 rings (SSSR count). The molecule has 3 heteroatoms. The predicted octanol–water partition coefficient (Wildman–Crippen LogP) is 2.31. The van der Waals surface area contributed by atoms with Gasteiger partial charge in [0.1, 0.15) is 5.75 Å². The van der Waals surface area contributed by atoms with Gasteiger partial charge in [0.25, 0.3) is 0 Å². The van der Waals surface area contributed by atoms with E-state index in [0.29, 0.717) is 5.02 Å². The number of methoxy groups -OCH3 is 1. The van der Waals surface area contributed by atoms with Crippen LogP contribution in [0.3, 0.4) is 0 Å². The third-order valence-corrected chi connectivity index (χ3v) is 3.49. The zero-order valence-corrected chi connectivity index (χ0v) is 9.27. The fourth-order valence-electron chi connectivity index (χ4n) is 0.977. The van der Waals surface area contributed by atoms with Crippen molar-refractivity contribution in [3.05, 3.63) is 23.2 Å². The summed E-state index contributed by atoms with van der Waals surface area (Å²) in [5.74, 6) is 0.753. The van der Waals surface area contributed by atoms with Crippen molar-refractivity contribution in [1.82, 2.24) is 0 Å². The van der Waals surface area contributed by atoms with Crippen LogP contribution in [0.15, 0.2) is 18.2 Å². The van der Waals surface area contributed by atoms with E-state index in [0.717, 1.165) is 5.75 Å². The highest BCUT2D eigenvalue weighted by Gasteiger charge is 2.04. The van der Waals surface area contributed by atoms with Gasteiger partial charge in [0.05, 0.1) is 20.9 Å². The standard InChI is InChI=1S/C9H12ClOSi/c1-11-9-5-4-7(12(2)3)6-8(9)10/h4-6H,1-3H3. The molecule has 0 aliphatic heterocycles. The van der Waals surface area contributed by atoms with E-state index in [1.807, 2.05) is 12.1 Å². The first-order chi connectivity index (χ1) is 5.65. The van der Waals surface area contributed by atoms with Crippen LogP contribution in [0, 0.1) is 0 Å². The molecule has 12 heavy (non-hydrogen) atoms. The third-order valence-electron chi connectivity index (χ3n) is 1.73. The van der Waals surface area contributed by atoms with E-state index in [2.05, 4.69) is 19.2 Å². The summed E-state index contributed by atoms with van der Waals surface area (Å²) in [6, 6.07) is 6.00. The molecule has 0 aliphatic rings. The molecular weight excluding hydrogens is 188 g/mol. The Morgan fingerprint density at radius 3 is 2.42 bits per heavy atom. The second kappa shape index (κ2) is 3.96. The Morgan fingerprint density at radius 1 is 1.33 bits per heavy atom. The van der Waals surface area contributed by atoms with Gasteiger partial charge in [-0.05, 0) is 12.1 Å². The molecule has 0 atom stereocenters. The van der Waals surface area contributed by atoms with Crippen LogP contribution in [0.4, 0.5) is 0 Å². The smallest absolute Gasteiger partial charge is 0.137 e. The topological polar surface area (TPSA) is 9.23 Å². The molecule has 1 radical (unpaired) electrons. The maximum absolute atomic E-state index is 5.96. The quantitative estimate of drug-likeness (QED) is 0.665. The first-order valence-corrected chi connectivity index (χ1v) is 6.67. The highest BCUT2D eigenvalue weighted by atomic mass is 35.5. The first kappa shape index (κ1) is 9.61. The summed E-state index contributed by atoms with van der Waals surface area (Å²) in [6.45, 7) is 4.48. The van der Waals surface area contributed by atoms with Gasteiger partial charge in [0.15, 0.2) is 0 Å². The zero-order chi connectivity index (χ0) is 9.14. The van der Waals surface area contributed by atoms with Gasteiger partial charge in [-0.3, -0.25) is 0 Å². The van der Waals surface area contributed by atoms with Gasteiger partial charge >= 0.3 is 0 Å². The molecule has 0 spiro atoms. The van der Waals surface area contributed by atoms with Gasteiger partial charge in [-0.2, -0.15) is 0 Å². The molecular formula is C9H12ClOSi. The molecule has 0 unspecified atom stereocenters. The highest BCUT2D eigenvalue weighted by molar-refractivity contribution is 6.70.